The van der Waals surface area contributed by atoms with Crippen LogP contribution in [0.5, 0.6) is 0 Å². The summed E-state index contributed by atoms with van der Waals surface area (Å²) < 4.78 is 0. The predicted molar refractivity (Wildman–Crippen MR) is 79.1 cm³/mol. The zero-order valence-electron chi connectivity index (χ0n) is 12.3. The lowest BCUT2D eigenvalue weighted by atomic mass is 9.87. The molecule has 0 radical (unpaired) electrons. The molecule has 0 aromatic carbocycles. The van der Waals surface area contributed by atoms with Gasteiger partial charge < -0.3 is 10.6 Å². The Balaban J connectivity index is 1.48. The first-order chi connectivity index (χ1) is 9.34. The number of rotatable bonds is 6. The fourth-order valence-electron chi connectivity index (χ4n) is 3.51. The molecule has 0 atom stereocenters. The number of carbonyl (C=O) groups is 1. The molecule has 3 heteroatoms. The smallest absolute Gasteiger partial charge is 0.234 e. The first-order valence-electron chi connectivity index (χ1n) is 8.34. The largest absolute Gasteiger partial charge is 0.352 e. The molecule has 1 amide bonds. The SMILES string of the molecule is O=C(CNCCC1CCCCC1)NC1CCCCC1. The summed E-state index contributed by atoms with van der Waals surface area (Å²) in [6.45, 7) is 1.51. The van der Waals surface area contributed by atoms with Gasteiger partial charge >= 0.3 is 0 Å². The van der Waals surface area contributed by atoms with E-state index < -0.39 is 0 Å². The van der Waals surface area contributed by atoms with Crippen LogP contribution in [0.25, 0.3) is 0 Å². The van der Waals surface area contributed by atoms with Crippen molar-refractivity contribution in [1.82, 2.24) is 10.6 Å². The molecule has 0 bridgehead atoms. The van der Waals surface area contributed by atoms with Gasteiger partial charge in [-0.2, -0.15) is 0 Å². The lowest BCUT2D eigenvalue weighted by Crippen LogP contribution is -2.41. The summed E-state index contributed by atoms with van der Waals surface area (Å²) in [5.41, 5.74) is 0. The quantitative estimate of drug-likeness (QED) is 0.726. The van der Waals surface area contributed by atoms with Crippen LogP contribution in [-0.4, -0.2) is 25.0 Å². The Kier molecular flexibility index (Phi) is 6.69. The highest BCUT2D eigenvalue weighted by Gasteiger charge is 2.16. The Bertz CT molecular complexity index is 255. The van der Waals surface area contributed by atoms with Gasteiger partial charge in [-0.05, 0) is 31.7 Å². The molecule has 2 saturated carbocycles. The van der Waals surface area contributed by atoms with Crippen LogP contribution in [-0.2, 0) is 4.79 Å². The van der Waals surface area contributed by atoms with Crippen LogP contribution in [0.1, 0.15) is 70.6 Å². The molecule has 0 spiro atoms. The summed E-state index contributed by atoms with van der Waals surface area (Å²) in [6.07, 6.45) is 14.5. The maximum Gasteiger partial charge on any atom is 0.234 e. The van der Waals surface area contributed by atoms with Crippen LogP contribution in [0, 0.1) is 5.92 Å². The molecule has 2 N–H and O–H groups in total. The zero-order valence-corrected chi connectivity index (χ0v) is 12.3. The van der Waals surface area contributed by atoms with Gasteiger partial charge in [0.2, 0.25) is 5.91 Å². The third-order valence-electron chi connectivity index (χ3n) is 4.71. The fourth-order valence-corrected chi connectivity index (χ4v) is 3.51. The lowest BCUT2D eigenvalue weighted by Gasteiger charge is -2.23. The maximum atomic E-state index is 11.8. The molecule has 0 aromatic rings. The molecule has 0 aromatic heterocycles. The Hall–Kier alpha value is -0.570. The third kappa shape index (κ3) is 5.94. The van der Waals surface area contributed by atoms with E-state index >= 15 is 0 Å². The second-order valence-electron chi connectivity index (χ2n) is 6.37. The number of carbonyl (C=O) groups excluding carboxylic acids is 1. The molecule has 0 aliphatic heterocycles. The molecule has 0 saturated heterocycles. The first kappa shape index (κ1) is 14.8. The average Bonchev–Trinajstić information content (AvgIpc) is 2.46. The van der Waals surface area contributed by atoms with Gasteiger partial charge in [-0.3, -0.25) is 4.79 Å². The monoisotopic (exact) mass is 266 g/mol. The van der Waals surface area contributed by atoms with Gasteiger partial charge in [0.15, 0.2) is 0 Å². The van der Waals surface area contributed by atoms with Crippen molar-refractivity contribution >= 4 is 5.91 Å². The molecule has 19 heavy (non-hydrogen) atoms. The molecule has 2 fully saturated rings. The standard InChI is InChI=1S/C16H30N2O/c19-16(18-15-9-5-2-6-10-15)13-17-12-11-14-7-3-1-4-8-14/h14-15,17H,1-13H2,(H,18,19). The van der Waals surface area contributed by atoms with Crippen molar-refractivity contribution in [2.45, 2.75) is 76.7 Å². The van der Waals surface area contributed by atoms with Crippen molar-refractivity contribution in [3.63, 3.8) is 0 Å². The summed E-state index contributed by atoms with van der Waals surface area (Å²) in [6, 6.07) is 0.446. The molecule has 2 aliphatic rings. The summed E-state index contributed by atoms with van der Waals surface area (Å²) in [5.74, 6) is 1.10. The van der Waals surface area contributed by atoms with E-state index in [0.29, 0.717) is 12.6 Å². The van der Waals surface area contributed by atoms with Gasteiger partial charge in [-0.25, -0.2) is 0 Å². The second-order valence-corrected chi connectivity index (χ2v) is 6.37. The highest BCUT2D eigenvalue weighted by molar-refractivity contribution is 5.78. The van der Waals surface area contributed by atoms with E-state index in [1.54, 1.807) is 0 Å². The lowest BCUT2D eigenvalue weighted by molar-refractivity contribution is -0.121. The van der Waals surface area contributed by atoms with Crippen LogP contribution in [0.3, 0.4) is 0 Å². The van der Waals surface area contributed by atoms with Crippen molar-refractivity contribution in [1.29, 1.82) is 0 Å². The molecule has 3 nitrogen and oxygen atoms in total. The highest BCUT2D eigenvalue weighted by Crippen LogP contribution is 2.25. The molecule has 110 valence electrons. The molecule has 2 aliphatic carbocycles. The van der Waals surface area contributed by atoms with Crippen LogP contribution in [0.15, 0.2) is 0 Å². The van der Waals surface area contributed by atoms with Crippen LogP contribution >= 0.6 is 0 Å². The number of nitrogens with one attached hydrogen (secondary N) is 2. The van der Waals surface area contributed by atoms with E-state index in [9.17, 15) is 4.79 Å². The molecule has 0 heterocycles. The van der Waals surface area contributed by atoms with Crippen molar-refractivity contribution in [2.75, 3.05) is 13.1 Å². The van der Waals surface area contributed by atoms with Gasteiger partial charge in [-0.15, -0.1) is 0 Å². The number of amides is 1. The molecule has 2 rings (SSSR count). The van der Waals surface area contributed by atoms with Crippen molar-refractivity contribution < 1.29 is 4.79 Å². The summed E-state index contributed by atoms with van der Waals surface area (Å²) in [4.78, 5) is 11.8. The van der Waals surface area contributed by atoms with Crippen LogP contribution in [0.2, 0.25) is 0 Å². The first-order valence-corrected chi connectivity index (χ1v) is 8.34. The summed E-state index contributed by atoms with van der Waals surface area (Å²) in [5, 5.41) is 6.47. The van der Waals surface area contributed by atoms with Gasteiger partial charge in [0.1, 0.15) is 0 Å². The molecular weight excluding hydrogens is 236 g/mol. The second kappa shape index (κ2) is 8.57. The third-order valence-corrected chi connectivity index (χ3v) is 4.71. The van der Waals surface area contributed by atoms with E-state index in [1.807, 2.05) is 0 Å². The number of hydrogen-bond donors (Lipinski definition) is 2. The Morgan fingerprint density at radius 3 is 2.21 bits per heavy atom. The Labute approximate surface area is 117 Å². The van der Waals surface area contributed by atoms with Crippen molar-refractivity contribution in [3.8, 4) is 0 Å². The van der Waals surface area contributed by atoms with Gasteiger partial charge in [-0.1, -0.05) is 51.4 Å². The Morgan fingerprint density at radius 2 is 1.53 bits per heavy atom. The predicted octanol–water partition coefficient (Wildman–Crippen LogP) is 3.00. The minimum absolute atomic E-state index is 0.190. The highest BCUT2D eigenvalue weighted by atomic mass is 16.1. The summed E-state index contributed by atoms with van der Waals surface area (Å²) in [7, 11) is 0. The van der Waals surface area contributed by atoms with Gasteiger partial charge in [0.25, 0.3) is 0 Å². The van der Waals surface area contributed by atoms with Crippen molar-refractivity contribution in [2.24, 2.45) is 5.92 Å². The maximum absolute atomic E-state index is 11.8. The summed E-state index contributed by atoms with van der Waals surface area (Å²) >= 11 is 0. The topological polar surface area (TPSA) is 41.1 Å². The minimum Gasteiger partial charge on any atom is -0.352 e. The molecular formula is C16H30N2O. The van der Waals surface area contributed by atoms with E-state index in [1.165, 1.54) is 70.6 Å². The van der Waals surface area contributed by atoms with E-state index in [4.69, 9.17) is 0 Å². The zero-order chi connectivity index (χ0) is 13.3. The van der Waals surface area contributed by atoms with Crippen LogP contribution in [0.4, 0.5) is 0 Å². The van der Waals surface area contributed by atoms with Gasteiger partial charge in [0.05, 0.1) is 6.54 Å². The number of hydrogen-bond acceptors (Lipinski definition) is 2. The van der Waals surface area contributed by atoms with Crippen molar-refractivity contribution in [3.05, 3.63) is 0 Å². The van der Waals surface area contributed by atoms with Gasteiger partial charge in [0, 0.05) is 6.04 Å². The molecule has 0 unspecified atom stereocenters. The minimum atomic E-state index is 0.190. The van der Waals surface area contributed by atoms with E-state index in [0.717, 1.165) is 12.5 Å². The van der Waals surface area contributed by atoms with E-state index in [2.05, 4.69) is 10.6 Å². The van der Waals surface area contributed by atoms with Crippen LogP contribution < -0.4 is 10.6 Å². The Morgan fingerprint density at radius 1 is 0.895 bits per heavy atom. The van der Waals surface area contributed by atoms with E-state index in [-0.39, 0.29) is 5.91 Å². The average molecular weight is 266 g/mol. The fraction of sp³-hybridized carbons (Fsp3) is 0.938. The normalized spacial score (nSPS) is 22.3.